The Kier molecular flexibility index (Phi) is 4.41. The number of rotatable bonds is 4. The summed E-state index contributed by atoms with van der Waals surface area (Å²) in [5.41, 5.74) is 6.41. The van der Waals surface area contributed by atoms with E-state index >= 15 is 0 Å². The highest BCUT2D eigenvalue weighted by molar-refractivity contribution is 9.11. The molecule has 1 saturated carbocycles. The van der Waals surface area contributed by atoms with E-state index in [0.717, 1.165) is 13.1 Å². The molecule has 1 aliphatic carbocycles. The maximum atomic E-state index is 6.36. The first-order valence-electron chi connectivity index (χ1n) is 5.92. The van der Waals surface area contributed by atoms with Crippen LogP contribution in [0.2, 0.25) is 0 Å². The van der Waals surface area contributed by atoms with Crippen molar-refractivity contribution in [2.24, 2.45) is 5.73 Å². The quantitative estimate of drug-likeness (QED) is 0.896. The zero-order valence-corrected chi connectivity index (χ0v) is 11.9. The van der Waals surface area contributed by atoms with E-state index in [9.17, 15) is 0 Å². The summed E-state index contributed by atoms with van der Waals surface area (Å²) < 4.78 is 1.20. The fourth-order valence-electron chi connectivity index (χ4n) is 2.31. The normalized spacial score (nSPS) is 19.9. The summed E-state index contributed by atoms with van der Waals surface area (Å²) in [5, 5.41) is 3.49. The van der Waals surface area contributed by atoms with E-state index in [1.165, 1.54) is 40.8 Å². The third-order valence-electron chi connectivity index (χ3n) is 3.25. The van der Waals surface area contributed by atoms with Crippen LogP contribution in [-0.2, 0) is 6.54 Å². The number of nitrogens with one attached hydrogen (secondary N) is 1. The van der Waals surface area contributed by atoms with Crippen LogP contribution in [0.5, 0.6) is 0 Å². The number of nitrogens with two attached hydrogens (primary N) is 1. The molecule has 1 aliphatic rings. The van der Waals surface area contributed by atoms with Gasteiger partial charge < -0.3 is 11.1 Å². The minimum Gasteiger partial charge on any atom is -0.324 e. The molecule has 3 N–H and O–H groups in total. The lowest BCUT2D eigenvalue weighted by Gasteiger charge is -2.33. The smallest absolute Gasteiger partial charge is 0.0701 e. The Morgan fingerprint density at radius 2 is 2.06 bits per heavy atom. The van der Waals surface area contributed by atoms with E-state index in [0.29, 0.717) is 0 Å². The molecule has 0 aliphatic heterocycles. The lowest BCUT2D eigenvalue weighted by Crippen LogP contribution is -2.49. The first-order chi connectivity index (χ1) is 7.68. The van der Waals surface area contributed by atoms with Gasteiger partial charge in [-0.05, 0) is 40.9 Å². The van der Waals surface area contributed by atoms with Gasteiger partial charge in [0.05, 0.1) is 3.79 Å². The molecule has 16 heavy (non-hydrogen) atoms. The summed E-state index contributed by atoms with van der Waals surface area (Å²) in [6.45, 7) is 1.89. The predicted octanol–water partition coefficient (Wildman–Crippen LogP) is 3.26. The maximum Gasteiger partial charge on any atom is 0.0701 e. The molecule has 2 rings (SSSR count). The van der Waals surface area contributed by atoms with Gasteiger partial charge in [0.25, 0.3) is 0 Å². The summed E-state index contributed by atoms with van der Waals surface area (Å²) in [6, 6.07) is 4.26. The van der Waals surface area contributed by atoms with Crippen LogP contribution in [0.3, 0.4) is 0 Å². The van der Waals surface area contributed by atoms with Crippen molar-refractivity contribution in [2.45, 2.75) is 44.2 Å². The van der Waals surface area contributed by atoms with E-state index < -0.39 is 0 Å². The Morgan fingerprint density at radius 1 is 1.31 bits per heavy atom. The Morgan fingerprint density at radius 3 is 2.69 bits per heavy atom. The molecule has 0 atom stereocenters. The first kappa shape index (κ1) is 12.6. The van der Waals surface area contributed by atoms with Gasteiger partial charge in [0.1, 0.15) is 0 Å². The van der Waals surface area contributed by atoms with Crippen molar-refractivity contribution in [3.8, 4) is 0 Å². The van der Waals surface area contributed by atoms with Crippen LogP contribution in [0.1, 0.15) is 37.0 Å². The second-order valence-electron chi connectivity index (χ2n) is 4.73. The molecule has 1 aromatic heterocycles. The molecule has 0 unspecified atom stereocenters. The molecule has 0 aromatic carbocycles. The van der Waals surface area contributed by atoms with E-state index in [1.807, 2.05) is 0 Å². The van der Waals surface area contributed by atoms with Crippen LogP contribution in [0.25, 0.3) is 0 Å². The van der Waals surface area contributed by atoms with Gasteiger partial charge in [-0.25, -0.2) is 0 Å². The largest absolute Gasteiger partial charge is 0.324 e. The van der Waals surface area contributed by atoms with Gasteiger partial charge in [0.15, 0.2) is 0 Å². The summed E-state index contributed by atoms with van der Waals surface area (Å²) in [4.78, 5) is 1.37. The molecule has 1 fully saturated rings. The van der Waals surface area contributed by atoms with Crippen molar-refractivity contribution in [3.05, 3.63) is 20.8 Å². The Bertz CT molecular complexity index is 332. The van der Waals surface area contributed by atoms with Gasteiger partial charge in [-0.1, -0.05) is 19.3 Å². The Labute approximate surface area is 110 Å². The molecule has 0 bridgehead atoms. The lowest BCUT2D eigenvalue weighted by molar-refractivity contribution is 0.283. The topological polar surface area (TPSA) is 38.0 Å². The average Bonchev–Trinajstić information content (AvgIpc) is 2.65. The molecule has 0 radical (unpaired) electrons. The molecule has 1 aromatic rings. The molecule has 90 valence electrons. The molecule has 0 amide bonds. The third-order valence-corrected chi connectivity index (χ3v) is 4.88. The molecular formula is C12H19BrN2S. The summed E-state index contributed by atoms with van der Waals surface area (Å²) >= 11 is 5.26. The van der Waals surface area contributed by atoms with Crippen LogP contribution in [0.15, 0.2) is 15.9 Å². The van der Waals surface area contributed by atoms with Gasteiger partial charge in [-0.3, -0.25) is 0 Å². The van der Waals surface area contributed by atoms with Gasteiger partial charge in [0, 0.05) is 23.5 Å². The van der Waals surface area contributed by atoms with E-state index in [2.05, 4.69) is 33.4 Å². The van der Waals surface area contributed by atoms with Crippen LogP contribution in [0.4, 0.5) is 0 Å². The molecule has 0 spiro atoms. The summed E-state index contributed by atoms with van der Waals surface area (Å²) in [6.07, 6.45) is 6.30. The van der Waals surface area contributed by atoms with E-state index in [1.54, 1.807) is 11.3 Å². The predicted molar refractivity (Wildman–Crippen MR) is 73.7 cm³/mol. The first-order valence-corrected chi connectivity index (χ1v) is 7.53. The second-order valence-corrected chi connectivity index (χ2v) is 7.28. The van der Waals surface area contributed by atoms with Crippen LogP contribution < -0.4 is 11.1 Å². The third kappa shape index (κ3) is 3.55. The summed E-state index contributed by atoms with van der Waals surface area (Å²) in [7, 11) is 0. The lowest BCUT2D eigenvalue weighted by atomic mass is 9.82. The second kappa shape index (κ2) is 5.63. The van der Waals surface area contributed by atoms with Crippen molar-refractivity contribution in [1.29, 1.82) is 0 Å². The highest BCUT2D eigenvalue weighted by Crippen LogP contribution is 2.26. The highest BCUT2D eigenvalue weighted by Gasteiger charge is 2.26. The van der Waals surface area contributed by atoms with Gasteiger partial charge in [0.2, 0.25) is 0 Å². The van der Waals surface area contributed by atoms with Crippen molar-refractivity contribution in [1.82, 2.24) is 5.32 Å². The average molecular weight is 303 g/mol. The van der Waals surface area contributed by atoms with Crippen molar-refractivity contribution >= 4 is 27.3 Å². The fraction of sp³-hybridized carbons (Fsp3) is 0.667. The van der Waals surface area contributed by atoms with Gasteiger partial charge >= 0.3 is 0 Å². The maximum absolute atomic E-state index is 6.36. The zero-order chi connectivity index (χ0) is 11.4. The zero-order valence-electron chi connectivity index (χ0n) is 9.47. The number of hydrogen-bond donors (Lipinski definition) is 2. The SMILES string of the molecule is NC1(CNCc2ccc(Br)s2)CCCCC1. The fourth-order valence-corrected chi connectivity index (χ4v) is 3.77. The minimum absolute atomic E-state index is 0.0484. The molecular weight excluding hydrogens is 284 g/mol. The standard InChI is InChI=1S/C12H19BrN2S/c13-11-5-4-10(16-11)8-15-9-12(14)6-2-1-3-7-12/h4-5,15H,1-3,6-9,14H2. The summed E-state index contributed by atoms with van der Waals surface area (Å²) in [5.74, 6) is 0. The minimum atomic E-state index is 0.0484. The highest BCUT2D eigenvalue weighted by atomic mass is 79.9. The molecule has 0 saturated heterocycles. The van der Waals surface area contributed by atoms with Crippen molar-refractivity contribution in [2.75, 3.05) is 6.54 Å². The van der Waals surface area contributed by atoms with Crippen LogP contribution in [-0.4, -0.2) is 12.1 Å². The van der Waals surface area contributed by atoms with E-state index in [-0.39, 0.29) is 5.54 Å². The monoisotopic (exact) mass is 302 g/mol. The number of halogens is 1. The molecule has 4 heteroatoms. The van der Waals surface area contributed by atoms with Gasteiger partial charge in [-0.2, -0.15) is 0 Å². The van der Waals surface area contributed by atoms with Crippen LogP contribution >= 0.6 is 27.3 Å². The Balaban J connectivity index is 1.74. The molecule has 2 nitrogen and oxygen atoms in total. The van der Waals surface area contributed by atoms with Crippen molar-refractivity contribution < 1.29 is 0 Å². The van der Waals surface area contributed by atoms with Crippen LogP contribution in [0, 0.1) is 0 Å². The number of hydrogen-bond acceptors (Lipinski definition) is 3. The van der Waals surface area contributed by atoms with E-state index in [4.69, 9.17) is 5.73 Å². The number of thiophene rings is 1. The Hall–Kier alpha value is 0.1000. The van der Waals surface area contributed by atoms with Crippen molar-refractivity contribution in [3.63, 3.8) is 0 Å². The van der Waals surface area contributed by atoms with Gasteiger partial charge in [-0.15, -0.1) is 11.3 Å². The molecule has 1 heterocycles.